The van der Waals surface area contributed by atoms with Crippen molar-refractivity contribution in [2.45, 2.75) is 94.9 Å². The molecule has 0 aromatic heterocycles. The summed E-state index contributed by atoms with van der Waals surface area (Å²) in [7, 11) is 0. The van der Waals surface area contributed by atoms with E-state index in [4.69, 9.17) is 39.5 Å². The van der Waals surface area contributed by atoms with Gasteiger partial charge in [-0.2, -0.15) is 0 Å². The van der Waals surface area contributed by atoms with Gasteiger partial charge < -0.3 is 65.9 Å². The van der Waals surface area contributed by atoms with E-state index in [1.165, 1.54) is 6.92 Å². The highest BCUT2D eigenvalue weighted by Gasteiger charge is 2.31. The highest BCUT2D eigenvalue weighted by molar-refractivity contribution is 5.95. The van der Waals surface area contributed by atoms with Crippen LogP contribution in [0, 0.1) is 0 Å². The molecule has 0 aliphatic carbocycles. The van der Waals surface area contributed by atoms with E-state index < -0.39 is 65.8 Å². The minimum Gasteiger partial charge on any atom is -0.481 e. The topological polar surface area (TPSA) is 372 Å². The Morgan fingerprint density at radius 3 is 1.43 bits per heavy atom. The number of carbonyl (C=O) groups excluding carboxylic acids is 4. The second-order valence-electron chi connectivity index (χ2n) is 10.5. The van der Waals surface area contributed by atoms with Gasteiger partial charge >= 0.3 is 11.9 Å². The number of carboxylic acids is 2. The molecule has 0 aromatic rings. The van der Waals surface area contributed by atoms with Gasteiger partial charge in [-0.3, -0.25) is 38.8 Å². The highest BCUT2D eigenvalue weighted by atomic mass is 16.4. The monoisotopic (exact) mass is 658 g/mol. The van der Waals surface area contributed by atoms with Crippen molar-refractivity contribution in [3.63, 3.8) is 0 Å². The summed E-state index contributed by atoms with van der Waals surface area (Å²) in [6, 6.07) is -6.09. The summed E-state index contributed by atoms with van der Waals surface area (Å²) in [5.41, 5.74) is 32.8. The SMILES string of the molecule is CC(NC(=O)C(CCCN=C(N)N)NC(=O)C(CCCCN)NC(=O)C(CCCN=C(N)N)NC(=O)C(N)CCC(=O)O)C(=O)O. The average Bonchev–Trinajstić information content (AvgIpc) is 2.97. The molecule has 20 nitrogen and oxygen atoms in total. The van der Waals surface area contributed by atoms with Crippen LogP contribution in [0.2, 0.25) is 0 Å². The molecule has 0 aliphatic heterocycles. The van der Waals surface area contributed by atoms with Gasteiger partial charge in [0, 0.05) is 19.5 Å². The number of nitrogens with one attached hydrogen (secondary N) is 4. The first-order valence-corrected chi connectivity index (χ1v) is 14.8. The van der Waals surface area contributed by atoms with Crippen LogP contribution in [-0.2, 0) is 28.8 Å². The molecule has 0 heterocycles. The van der Waals surface area contributed by atoms with E-state index in [0.717, 1.165) is 0 Å². The zero-order chi connectivity index (χ0) is 35.2. The normalized spacial score (nSPS) is 13.9. The summed E-state index contributed by atoms with van der Waals surface area (Å²) in [4.78, 5) is 82.3. The molecule has 0 fully saturated rings. The van der Waals surface area contributed by atoms with Crippen molar-refractivity contribution in [1.82, 2.24) is 21.3 Å². The highest BCUT2D eigenvalue weighted by Crippen LogP contribution is 2.08. The smallest absolute Gasteiger partial charge is 0.325 e. The molecule has 0 rings (SSSR count). The number of hydrogen-bond donors (Lipinski definition) is 12. The molecular formula is C26H50N12O8. The van der Waals surface area contributed by atoms with E-state index in [1.54, 1.807) is 0 Å². The lowest BCUT2D eigenvalue weighted by Crippen LogP contribution is -2.58. The van der Waals surface area contributed by atoms with Gasteiger partial charge in [-0.1, -0.05) is 0 Å². The van der Waals surface area contributed by atoms with Crippen molar-refractivity contribution in [2.75, 3.05) is 19.6 Å². The maximum atomic E-state index is 13.5. The molecule has 262 valence electrons. The average molecular weight is 659 g/mol. The standard InChI is InChI=1S/C26H50N12O8/c1-14(24(45)46)35-21(42)17(7-4-12-33-25(29)30)38-22(43)16(6-2-3-11-27)37-23(44)18(8-5-13-34-26(31)32)36-20(41)15(28)9-10-19(39)40/h14-18H,2-13,27-28H2,1H3,(H,35,42)(H,36,41)(H,37,44)(H,38,43)(H,39,40)(H,45,46)(H4,29,30,33)(H4,31,32,34). The maximum Gasteiger partial charge on any atom is 0.325 e. The number of carboxylic acid groups (broad SMARTS) is 2. The Hall–Kier alpha value is -4.72. The first kappa shape index (κ1) is 41.3. The maximum absolute atomic E-state index is 13.5. The Bertz CT molecular complexity index is 1080. The molecule has 0 aromatic carbocycles. The third-order valence-electron chi connectivity index (χ3n) is 6.47. The second kappa shape index (κ2) is 22.7. The number of amides is 4. The molecule has 5 atom stereocenters. The van der Waals surface area contributed by atoms with Crippen LogP contribution in [-0.4, -0.2) is 108 Å². The fourth-order valence-electron chi connectivity index (χ4n) is 3.92. The summed E-state index contributed by atoms with van der Waals surface area (Å²) < 4.78 is 0. The van der Waals surface area contributed by atoms with Gasteiger partial charge in [-0.15, -0.1) is 0 Å². The Labute approximate surface area is 266 Å². The van der Waals surface area contributed by atoms with Gasteiger partial charge in [-0.25, -0.2) is 0 Å². The molecule has 0 bridgehead atoms. The van der Waals surface area contributed by atoms with Gasteiger partial charge in [-0.05, 0) is 64.8 Å². The van der Waals surface area contributed by atoms with Gasteiger partial charge in [0.05, 0.1) is 6.04 Å². The van der Waals surface area contributed by atoms with Crippen LogP contribution in [0.25, 0.3) is 0 Å². The van der Waals surface area contributed by atoms with Crippen LogP contribution < -0.4 is 55.7 Å². The fourth-order valence-corrected chi connectivity index (χ4v) is 3.92. The lowest BCUT2D eigenvalue weighted by Gasteiger charge is -2.26. The third kappa shape index (κ3) is 18.8. The van der Waals surface area contributed by atoms with E-state index in [2.05, 4.69) is 31.3 Å². The first-order valence-electron chi connectivity index (χ1n) is 14.8. The number of carbonyl (C=O) groups is 6. The van der Waals surface area contributed by atoms with E-state index in [1.807, 2.05) is 0 Å². The summed E-state index contributed by atoms with van der Waals surface area (Å²) in [5, 5.41) is 28.0. The van der Waals surface area contributed by atoms with Gasteiger partial charge in [0.15, 0.2) is 11.9 Å². The second-order valence-corrected chi connectivity index (χ2v) is 10.5. The van der Waals surface area contributed by atoms with Gasteiger partial charge in [0.1, 0.15) is 24.2 Å². The van der Waals surface area contributed by atoms with Crippen molar-refractivity contribution in [3.8, 4) is 0 Å². The number of aliphatic carboxylic acids is 2. The van der Waals surface area contributed by atoms with Crippen LogP contribution >= 0.6 is 0 Å². The molecule has 46 heavy (non-hydrogen) atoms. The molecule has 20 heteroatoms. The lowest BCUT2D eigenvalue weighted by molar-refractivity contribution is -0.142. The van der Waals surface area contributed by atoms with Gasteiger partial charge in [0.2, 0.25) is 23.6 Å². The first-order chi connectivity index (χ1) is 21.6. The lowest BCUT2D eigenvalue weighted by atomic mass is 10.0. The Morgan fingerprint density at radius 2 is 1.04 bits per heavy atom. The molecule has 18 N–H and O–H groups in total. The predicted octanol–water partition coefficient (Wildman–Crippen LogP) is -4.54. The van der Waals surface area contributed by atoms with Crippen molar-refractivity contribution >= 4 is 47.5 Å². The molecular weight excluding hydrogens is 608 g/mol. The molecule has 4 amide bonds. The van der Waals surface area contributed by atoms with Crippen molar-refractivity contribution in [2.24, 2.45) is 44.4 Å². The van der Waals surface area contributed by atoms with Crippen molar-refractivity contribution in [1.29, 1.82) is 0 Å². The van der Waals surface area contributed by atoms with Crippen LogP contribution in [0.5, 0.6) is 0 Å². The fraction of sp³-hybridized carbons (Fsp3) is 0.692. The number of hydrogen-bond acceptors (Lipinski definition) is 10. The minimum atomic E-state index is -1.29. The largest absolute Gasteiger partial charge is 0.481 e. The molecule has 0 aliphatic rings. The Balaban J connectivity index is 5.99. The Kier molecular flexibility index (Phi) is 20.4. The summed E-state index contributed by atoms with van der Waals surface area (Å²) in [5.74, 6) is -5.86. The predicted molar refractivity (Wildman–Crippen MR) is 169 cm³/mol. The number of aliphatic imine (C=N–C) groups is 2. The van der Waals surface area contributed by atoms with E-state index in [0.29, 0.717) is 19.4 Å². The van der Waals surface area contributed by atoms with Gasteiger partial charge in [0.25, 0.3) is 0 Å². The number of guanidine groups is 2. The minimum absolute atomic E-state index is 0.0278. The molecule has 0 saturated carbocycles. The Morgan fingerprint density at radius 1 is 0.630 bits per heavy atom. The summed E-state index contributed by atoms with van der Waals surface area (Å²) in [6.07, 6.45) is 1.02. The van der Waals surface area contributed by atoms with Crippen molar-refractivity contribution < 1.29 is 39.0 Å². The number of unbranched alkanes of at least 4 members (excludes halogenated alkanes) is 1. The summed E-state index contributed by atoms with van der Waals surface area (Å²) in [6.45, 7) is 1.81. The van der Waals surface area contributed by atoms with E-state index >= 15 is 0 Å². The number of rotatable bonds is 24. The van der Waals surface area contributed by atoms with E-state index in [-0.39, 0.29) is 70.0 Å². The number of nitrogens with zero attached hydrogens (tertiary/aromatic N) is 2. The third-order valence-corrected chi connectivity index (χ3v) is 6.47. The molecule has 0 saturated heterocycles. The van der Waals surface area contributed by atoms with Crippen LogP contribution in [0.3, 0.4) is 0 Å². The zero-order valence-electron chi connectivity index (χ0n) is 26.1. The summed E-state index contributed by atoms with van der Waals surface area (Å²) >= 11 is 0. The van der Waals surface area contributed by atoms with E-state index in [9.17, 15) is 33.9 Å². The van der Waals surface area contributed by atoms with Crippen LogP contribution in [0.1, 0.15) is 64.7 Å². The molecule has 0 radical (unpaired) electrons. The number of nitrogens with two attached hydrogens (primary N) is 6. The van der Waals surface area contributed by atoms with Crippen LogP contribution in [0.15, 0.2) is 9.98 Å². The molecule has 0 spiro atoms. The van der Waals surface area contributed by atoms with Crippen LogP contribution in [0.4, 0.5) is 0 Å². The van der Waals surface area contributed by atoms with Crippen molar-refractivity contribution in [3.05, 3.63) is 0 Å². The zero-order valence-corrected chi connectivity index (χ0v) is 26.1. The molecule has 5 unspecified atom stereocenters. The quantitative estimate of drug-likeness (QED) is 0.0264.